The van der Waals surface area contributed by atoms with Crippen LogP contribution in [0, 0.1) is 12.3 Å². The number of nitrogens with one attached hydrogen (secondary N) is 1. The van der Waals surface area contributed by atoms with Gasteiger partial charge in [0.05, 0.1) is 11.7 Å². The highest BCUT2D eigenvalue weighted by Gasteiger charge is 2.21. The first-order chi connectivity index (χ1) is 8.40. The summed E-state index contributed by atoms with van der Waals surface area (Å²) in [6.45, 7) is 1.92. The highest BCUT2D eigenvalue weighted by Crippen LogP contribution is 2.22. The Morgan fingerprint density at radius 2 is 2.22 bits per heavy atom. The number of hydrogen-bond acceptors (Lipinski definition) is 3. The average molecular weight is 287 g/mol. The first kappa shape index (κ1) is 14.8. The van der Waals surface area contributed by atoms with E-state index in [2.05, 4.69) is 10.6 Å². The maximum absolute atomic E-state index is 12.1. The van der Waals surface area contributed by atoms with Crippen LogP contribution in [0.3, 0.4) is 0 Å². The molecule has 0 spiro atoms. The summed E-state index contributed by atoms with van der Waals surface area (Å²) >= 11 is 5.77. The minimum absolute atomic E-state index is 0.0497. The van der Waals surface area contributed by atoms with E-state index in [9.17, 15) is 8.42 Å². The van der Waals surface area contributed by atoms with E-state index in [0.29, 0.717) is 11.4 Å². The number of hydrogen-bond donors (Lipinski definition) is 2. The molecule has 0 aliphatic carbocycles. The molecule has 18 heavy (non-hydrogen) atoms. The quantitative estimate of drug-likeness (QED) is 0.642. The van der Waals surface area contributed by atoms with Crippen LogP contribution < -0.4 is 10.5 Å². The molecule has 0 saturated carbocycles. The van der Waals surface area contributed by atoms with Crippen molar-refractivity contribution in [1.29, 1.82) is 0 Å². The van der Waals surface area contributed by atoms with Crippen LogP contribution in [0.25, 0.3) is 0 Å². The summed E-state index contributed by atoms with van der Waals surface area (Å²) in [7, 11) is -3.75. The van der Waals surface area contributed by atoms with Gasteiger partial charge in [0, 0.05) is 5.02 Å². The van der Waals surface area contributed by atoms with Gasteiger partial charge in [0.15, 0.2) is 0 Å². The molecular formula is C12H15ClN2O2S. The topological polar surface area (TPSA) is 72.2 Å². The summed E-state index contributed by atoms with van der Waals surface area (Å²) in [6, 6.07) is 3.74. The third kappa shape index (κ3) is 3.64. The monoisotopic (exact) mass is 286 g/mol. The minimum atomic E-state index is -3.75. The molecule has 0 aliphatic heterocycles. The Hall–Kier alpha value is -1.22. The van der Waals surface area contributed by atoms with Gasteiger partial charge in [-0.15, -0.1) is 6.42 Å². The number of benzene rings is 1. The van der Waals surface area contributed by atoms with Gasteiger partial charge in [-0.2, -0.15) is 4.72 Å². The molecule has 0 bridgehead atoms. The number of halogens is 1. The predicted molar refractivity (Wildman–Crippen MR) is 73.7 cm³/mol. The van der Waals surface area contributed by atoms with E-state index < -0.39 is 16.1 Å². The van der Waals surface area contributed by atoms with Crippen molar-refractivity contribution in [1.82, 2.24) is 4.72 Å². The van der Waals surface area contributed by atoms with Crippen molar-refractivity contribution >= 4 is 27.3 Å². The molecule has 0 aliphatic rings. The van der Waals surface area contributed by atoms with Crippen LogP contribution in [0.1, 0.15) is 19.8 Å². The number of sulfonamides is 1. The lowest BCUT2D eigenvalue weighted by atomic mass is 10.2. The summed E-state index contributed by atoms with van der Waals surface area (Å²) in [5.41, 5.74) is 5.78. The highest BCUT2D eigenvalue weighted by molar-refractivity contribution is 7.89. The van der Waals surface area contributed by atoms with Crippen molar-refractivity contribution in [3.8, 4) is 12.3 Å². The van der Waals surface area contributed by atoms with Gasteiger partial charge in [0.25, 0.3) is 0 Å². The van der Waals surface area contributed by atoms with Crippen molar-refractivity contribution in [2.24, 2.45) is 0 Å². The van der Waals surface area contributed by atoms with Gasteiger partial charge < -0.3 is 5.73 Å². The third-order valence-electron chi connectivity index (χ3n) is 2.34. The smallest absolute Gasteiger partial charge is 0.243 e. The SMILES string of the molecule is C#CC(CCC)NS(=O)(=O)c1cc(Cl)ccc1N. The third-order valence-corrected chi connectivity index (χ3v) is 4.10. The molecule has 1 rings (SSSR count). The van der Waals surface area contributed by atoms with Crippen molar-refractivity contribution < 1.29 is 8.42 Å². The maximum Gasteiger partial charge on any atom is 0.243 e. The summed E-state index contributed by atoms with van der Waals surface area (Å²) < 4.78 is 26.6. The van der Waals surface area contributed by atoms with E-state index in [-0.39, 0.29) is 10.6 Å². The van der Waals surface area contributed by atoms with E-state index in [1.807, 2.05) is 6.92 Å². The Bertz CT molecular complexity index is 564. The lowest BCUT2D eigenvalue weighted by Gasteiger charge is -2.14. The molecule has 0 fully saturated rings. The molecule has 6 heteroatoms. The molecule has 0 radical (unpaired) electrons. The van der Waals surface area contributed by atoms with Gasteiger partial charge in [0.2, 0.25) is 10.0 Å². The molecule has 1 unspecified atom stereocenters. The Labute approximate surface area is 113 Å². The average Bonchev–Trinajstić information content (AvgIpc) is 2.31. The Balaban J connectivity index is 3.07. The molecule has 98 valence electrons. The molecule has 1 atom stereocenters. The predicted octanol–water partition coefficient (Wildman–Crippen LogP) is 2.00. The second kappa shape index (κ2) is 6.10. The van der Waals surface area contributed by atoms with Gasteiger partial charge in [-0.25, -0.2) is 8.42 Å². The molecule has 1 aromatic rings. The zero-order chi connectivity index (χ0) is 13.8. The van der Waals surface area contributed by atoms with Crippen LogP contribution in [0.2, 0.25) is 5.02 Å². The molecule has 0 amide bonds. The largest absolute Gasteiger partial charge is 0.398 e. The summed E-state index contributed by atoms with van der Waals surface area (Å²) in [4.78, 5) is -0.0497. The van der Waals surface area contributed by atoms with Gasteiger partial charge in [-0.05, 0) is 24.6 Å². The lowest BCUT2D eigenvalue weighted by molar-refractivity contribution is 0.565. The molecular weight excluding hydrogens is 272 g/mol. The van der Waals surface area contributed by atoms with Crippen molar-refractivity contribution in [2.45, 2.75) is 30.7 Å². The summed E-state index contributed by atoms with van der Waals surface area (Å²) in [5, 5.41) is 0.303. The van der Waals surface area contributed by atoms with Gasteiger partial charge >= 0.3 is 0 Å². The number of nitrogen functional groups attached to an aromatic ring is 1. The molecule has 0 aromatic heterocycles. The van der Waals surface area contributed by atoms with Crippen molar-refractivity contribution in [2.75, 3.05) is 5.73 Å². The number of rotatable bonds is 5. The van der Waals surface area contributed by atoms with Crippen molar-refractivity contribution in [3.05, 3.63) is 23.2 Å². The van der Waals surface area contributed by atoms with Crippen LogP contribution in [-0.2, 0) is 10.0 Å². The van der Waals surface area contributed by atoms with Crippen molar-refractivity contribution in [3.63, 3.8) is 0 Å². The number of nitrogens with two attached hydrogens (primary N) is 1. The van der Waals surface area contributed by atoms with E-state index in [4.69, 9.17) is 23.8 Å². The van der Waals surface area contributed by atoms with Gasteiger partial charge in [-0.3, -0.25) is 0 Å². The fourth-order valence-electron chi connectivity index (χ4n) is 1.46. The molecule has 0 saturated heterocycles. The second-order valence-corrected chi connectivity index (χ2v) is 5.93. The van der Waals surface area contributed by atoms with E-state index in [1.165, 1.54) is 18.2 Å². The maximum atomic E-state index is 12.1. The normalized spacial score (nSPS) is 12.9. The van der Waals surface area contributed by atoms with Crippen LogP contribution >= 0.6 is 11.6 Å². The summed E-state index contributed by atoms with van der Waals surface area (Å²) in [6.07, 6.45) is 6.62. The highest BCUT2D eigenvalue weighted by atomic mass is 35.5. The van der Waals surface area contributed by atoms with E-state index in [0.717, 1.165) is 6.42 Å². The Morgan fingerprint density at radius 3 is 2.78 bits per heavy atom. The fraction of sp³-hybridized carbons (Fsp3) is 0.333. The Kier molecular flexibility index (Phi) is 5.03. The van der Waals surface area contributed by atoms with Gasteiger partial charge in [0.1, 0.15) is 4.90 Å². The first-order valence-electron chi connectivity index (χ1n) is 5.44. The van der Waals surface area contributed by atoms with Gasteiger partial charge in [-0.1, -0.05) is 30.9 Å². The zero-order valence-electron chi connectivity index (χ0n) is 9.98. The summed E-state index contributed by atoms with van der Waals surface area (Å²) in [5.74, 6) is 2.40. The Morgan fingerprint density at radius 1 is 1.56 bits per heavy atom. The number of anilines is 1. The minimum Gasteiger partial charge on any atom is -0.398 e. The first-order valence-corrected chi connectivity index (χ1v) is 7.30. The van der Waals surface area contributed by atoms with E-state index in [1.54, 1.807) is 0 Å². The molecule has 3 N–H and O–H groups in total. The van der Waals surface area contributed by atoms with E-state index >= 15 is 0 Å². The van der Waals surface area contributed by atoms with Crippen LogP contribution in [0.15, 0.2) is 23.1 Å². The van der Waals surface area contributed by atoms with Crippen LogP contribution in [-0.4, -0.2) is 14.5 Å². The standard InChI is InChI=1S/C12H15ClN2O2S/c1-3-5-10(4-2)15-18(16,17)12-8-9(13)6-7-11(12)14/h2,6-8,10,15H,3,5,14H2,1H3. The zero-order valence-corrected chi connectivity index (χ0v) is 11.6. The second-order valence-electron chi connectivity index (χ2n) is 3.81. The molecule has 4 nitrogen and oxygen atoms in total. The fourth-order valence-corrected chi connectivity index (χ4v) is 3.04. The number of terminal acetylenes is 1. The molecule has 1 aromatic carbocycles. The molecule has 0 heterocycles. The van der Waals surface area contributed by atoms with Crippen LogP contribution in [0.4, 0.5) is 5.69 Å². The lowest BCUT2D eigenvalue weighted by Crippen LogP contribution is -2.34. The van der Waals surface area contributed by atoms with Crippen LogP contribution in [0.5, 0.6) is 0 Å².